The summed E-state index contributed by atoms with van der Waals surface area (Å²) in [5.41, 5.74) is 4.65. The molecule has 0 spiro atoms. The van der Waals surface area contributed by atoms with Gasteiger partial charge in [0.05, 0.1) is 29.9 Å². The molecule has 1 aliphatic rings. The van der Waals surface area contributed by atoms with Crippen LogP contribution in [0.3, 0.4) is 0 Å². The maximum absolute atomic E-state index is 13.6. The Bertz CT molecular complexity index is 1360. The van der Waals surface area contributed by atoms with Crippen molar-refractivity contribution < 1.29 is 9.53 Å². The quantitative estimate of drug-likeness (QED) is 0.295. The second-order valence-electron chi connectivity index (χ2n) is 9.62. The lowest BCUT2D eigenvalue weighted by molar-refractivity contribution is -0.119. The second-order valence-corrected chi connectivity index (χ2v) is 11.3. The summed E-state index contributed by atoms with van der Waals surface area (Å²) in [6.07, 6.45) is 6.44. The average Bonchev–Trinajstić information content (AvgIpc) is 3.67. The van der Waals surface area contributed by atoms with Gasteiger partial charge in [0.1, 0.15) is 5.78 Å². The molecule has 1 fully saturated rings. The van der Waals surface area contributed by atoms with Gasteiger partial charge >= 0.3 is 0 Å². The van der Waals surface area contributed by atoms with Crippen LogP contribution in [0.25, 0.3) is 16.9 Å². The first-order valence-electron chi connectivity index (χ1n) is 12.4. The Morgan fingerprint density at radius 1 is 1.22 bits per heavy atom. The molecule has 0 aliphatic carbocycles. The smallest absolute Gasteiger partial charge is 0.183 e. The number of hydrogen-bond donors (Lipinski definition) is 0. The highest BCUT2D eigenvalue weighted by Crippen LogP contribution is 2.39. The topological polar surface area (TPSA) is 78.1 Å². The molecule has 1 aliphatic heterocycles. The number of aromatic nitrogens is 5. The highest BCUT2D eigenvalue weighted by Gasteiger charge is 2.36. The molecule has 0 N–H and O–H groups in total. The number of para-hydroxylation sites is 1. The Kier molecular flexibility index (Phi) is 7.85. The van der Waals surface area contributed by atoms with Crippen LogP contribution in [0.15, 0.2) is 48.9 Å². The summed E-state index contributed by atoms with van der Waals surface area (Å²) < 4.78 is 9.52. The number of nitrogens with zero attached hydrogens (tertiary/aromatic N) is 6. The minimum absolute atomic E-state index is 0.201. The molecular formula is C27H31ClN6O2S. The number of thiazole rings is 1. The highest BCUT2D eigenvalue weighted by atomic mass is 35.5. The molecule has 0 saturated carbocycles. The van der Waals surface area contributed by atoms with Crippen molar-refractivity contribution in [1.29, 1.82) is 0 Å². The van der Waals surface area contributed by atoms with Crippen molar-refractivity contribution in [2.24, 2.45) is 13.0 Å². The first-order chi connectivity index (χ1) is 17.9. The van der Waals surface area contributed by atoms with Crippen molar-refractivity contribution in [3.63, 3.8) is 0 Å². The summed E-state index contributed by atoms with van der Waals surface area (Å²) >= 11 is 7.67. The Morgan fingerprint density at radius 2 is 2.03 bits per heavy atom. The van der Waals surface area contributed by atoms with Gasteiger partial charge < -0.3 is 9.64 Å². The van der Waals surface area contributed by atoms with E-state index in [2.05, 4.69) is 15.0 Å². The van der Waals surface area contributed by atoms with E-state index in [4.69, 9.17) is 21.4 Å². The lowest BCUT2D eigenvalue weighted by atomic mass is 9.89. The van der Waals surface area contributed by atoms with Gasteiger partial charge in [0, 0.05) is 75.4 Å². The molecule has 194 valence electrons. The van der Waals surface area contributed by atoms with Crippen LogP contribution in [-0.4, -0.2) is 68.6 Å². The summed E-state index contributed by atoms with van der Waals surface area (Å²) in [5.74, 6) is 0.640. The first kappa shape index (κ1) is 25.8. The van der Waals surface area contributed by atoms with E-state index >= 15 is 0 Å². The van der Waals surface area contributed by atoms with Gasteiger partial charge in [0.2, 0.25) is 0 Å². The number of ether oxygens (including phenoxy) is 1. The fourth-order valence-corrected chi connectivity index (χ4v) is 6.36. The number of Topliss-reactive ketones (excluding diaryl/α,β-unsaturated/α-hetero) is 1. The van der Waals surface area contributed by atoms with Gasteiger partial charge in [-0.15, -0.1) is 11.3 Å². The van der Waals surface area contributed by atoms with Crippen LogP contribution >= 0.6 is 22.9 Å². The molecule has 0 amide bonds. The molecule has 5 rings (SSSR count). The summed E-state index contributed by atoms with van der Waals surface area (Å²) in [5, 5.41) is 9.24. The Balaban J connectivity index is 1.40. The van der Waals surface area contributed by atoms with Crippen LogP contribution < -0.4 is 0 Å². The Morgan fingerprint density at radius 3 is 2.70 bits per heavy atom. The number of halogens is 1. The van der Waals surface area contributed by atoms with Crippen LogP contribution in [0.5, 0.6) is 0 Å². The number of aryl methyl sites for hydroxylation is 1. The molecule has 2 atom stereocenters. The van der Waals surface area contributed by atoms with E-state index in [1.54, 1.807) is 11.8 Å². The number of methoxy groups -OCH3 is 1. The third-order valence-corrected chi connectivity index (χ3v) is 8.31. The van der Waals surface area contributed by atoms with Gasteiger partial charge in [-0.25, -0.2) is 9.67 Å². The molecule has 0 bridgehead atoms. The van der Waals surface area contributed by atoms with Crippen LogP contribution in [0, 0.1) is 12.8 Å². The van der Waals surface area contributed by atoms with Crippen molar-refractivity contribution in [3.05, 3.63) is 69.5 Å². The third kappa shape index (κ3) is 5.70. The summed E-state index contributed by atoms with van der Waals surface area (Å²) in [6.45, 7) is 5.29. The lowest BCUT2D eigenvalue weighted by Gasteiger charge is -2.16. The zero-order valence-electron chi connectivity index (χ0n) is 21.3. The molecule has 8 nitrogen and oxygen atoms in total. The maximum atomic E-state index is 13.6. The normalized spacial score (nSPS) is 18.1. The van der Waals surface area contributed by atoms with Crippen molar-refractivity contribution in [3.8, 4) is 16.9 Å². The van der Waals surface area contributed by atoms with E-state index < -0.39 is 0 Å². The fourth-order valence-electron chi connectivity index (χ4n) is 5.22. The summed E-state index contributed by atoms with van der Waals surface area (Å²) in [6, 6.07) is 9.98. The fraction of sp³-hybridized carbons (Fsp3) is 0.407. The monoisotopic (exact) mass is 538 g/mol. The lowest BCUT2D eigenvalue weighted by Crippen LogP contribution is -2.25. The summed E-state index contributed by atoms with van der Waals surface area (Å²) in [4.78, 5) is 21.4. The van der Waals surface area contributed by atoms with Crippen LogP contribution in [0.4, 0.5) is 0 Å². The predicted molar refractivity (Wildman–Crippen MR) is 146 cm³/mol. The van der Waals surface area contributed by atoms with Gasteiger partial charge in [0.15, 0.2) is 4.47 Å². The van der Waals surface area contributed by atoms with Crippen molar-refractivity contribution in [2.75, 3.05) is 33.4 Å². The standard InChI is InChI=1S/C27H31ClN6O2S/c1-18-24(34(21-7-5-4-6-8-21)31-26(18)20-13-30-32(2)15-20)12-22(35)11-19-16-33(9-10-36-3)17-23(19)25-14-29-27(28)37-25/h4-8,13-15,19,23H,9-12,16-17H2,1-3H3/t19-,23-/m1/s1. The van der Waals surface area contributed by atoms with E-state index in [1.165, 1.54) is 11.3 Å². The van der Waals surface area contributed by atoms with Crippen molar-refractivity contribution in [1.82, 2.24) is 29.4 Å². The van der Waals surface area contributed by atoms with Crippen molar-refractivity contribution >= 4 is 28.7 Å². The van der Waals surface area contributed by atoms with E-state index in [0.717, 1.165) is 52.7 Å². The molecule has 10 heteroatoms. The summed E-state index contributed by atoms with van der Waals surface area (Å²) in [7, 11) is 3.61. The number of carbonyl (C=O) groups excluding carboxylic acids is 1. The zero-order chi connectivity index (χ0) is 25.9. The SMILES string of the molecule is COCCN1C[C@@H](CC(=O)Cc2c(C)c(-c3cnn(C)c3)nn2-c2ccccc2)[C@H](c2cnc(Cl)s2)C1. The van der Waals surface area contributed by atoms with E-state index in [0.29, 0.717) is 23.9 Å². The molecule has 1 saturated heterocycles. The Hall–Kier alpha value is -2.85. The molecule has 4 heterocycles. The Labute approximate surface area is 225 Å². The van der Waals surface area contributed by atoms with Gasteiger partial charge in [-0.05, 0) is 30.5 Å². The van der Waals surface area contributed by atoms with E-state index in [1.807, 2.05) is 67.6 Å². The highest BCUT2D eigenvalue weighted by molar-refractivity contribution is 7.15. The molecule has 37 heavy (non-hydrogen) atoms. The molecule has 1 aromatic carbocycles. The molecule has 3 aromatic heterocycles. The largest absolute Gasteiger partial charge is 0.383 e. The third-order valence-electron chi connectivity index (χ3n) is 7.07. The van der Waals surface area contributed by atoms with Crippen molar-refractivity contribution in [2.45, 2.75) is 25.7 Å². The zero-order valence-corrected chi connectivity index (χ0v) is 22.9. The molecule has 0 radical (unpaired) electrons. The van der Waals surface area contributed by atoms with Gasteiger partial charge in [-0.3, -0.25) is 9.48 Å². The van der Waals surface area contributed by atoms with E-state index in [9.17, 15) is 4.79 Å². The van der Waals surface area contributed by atoms with Crippen LogP contribution in [-0.2, 0) is 23.0 Å². The number of likely N-dealkylation sites (tertiary alicyclic amines) is 1. The maximum Gasteiger partial charge on any atom is 0.183 e. The second kappa shape index (κ2) is 11.3. The predicted octanol–water partition coefficient (Wildman–Crippen LogP) is 4.55. The minimum Gasteiger partial charge on any atom is -0.383 e. The number of hydrogen-bond acceptors (Lipinski definition) is 7. The molecule has 0 unspecified atom stereocenters. The van der Waals surface area contributed by atoms with Gasteiger partial charge in [0.25, 0.3) is 0 Å². The average molecular weight is 539 g/mol. The number of benzene rings is 1. The van der Waals surface area contributed by atoms with Gasteiger partial charge in [-0.1, -0.05) is 29.8 Å². The number of carbonyl (C=O) groups is 1. The van der Waals surface area contributed by atoms with E-state index in [-0.39, 0.29) is 17.6 Å². The first-order valence-corrected chi connectivity index (χ1v) is 13.6. The van der Waals surface area contributed by atoms with Crippen LogP contribution in [0.2, 0.25) is 4.47 Å². The molecular weight excluding hydrogens is 508 g/mol. The van der Waals surface area contributed by atoms with Crippen LogP contribution in [0.1, 0.15) is 28.5 Å². The molecule has 4 aromatic rings. The van der Waals surface area contributed by atoms with Gasteiger partial charge in [-0.2, -0.15) is 10.2 Å². The number of ketones is 1. The number of rotatable bonds is 10. The minimum atomic E-state index is 0.201.